The Morgan fingerprint density at radius 1 is 1.17 bits per heavy atom. The van der Waals surface area contributed by atoms with Gasteiger partial charge in [0.1, 0.15) is 6.10 Å². The van der Waals surface area contributed by atoms with Gasteiger partial charge >= 0.3 is 5.97 Å². The van der Waals surface area contributed by atoms with E-state index in [1.165, 1.54) is 25.3 Å². The molecule has 1 saturated carbocycles. The standard InChI is InChI=1S/C23H32O6/c1-14(2)23(27)11-9-21(3)8-10-22(4,26)13-18(19(21)23)29-20(25)15-6-7-16(24)17(12-15)28-5/h6-8,10,12,14,18-19,24,26-27H,9,11,13H2,1-5H3/t18-,19+,21-,22+,23+/m0/s1. The van der Waals surface area contributed by atoms with Gasteiger partial charge in [-0.25, -0.2) is 4.79 Å². The van der Waals surface area contributed by atoms with Crippen molar-refractivity contribution in [1.29, 1.82) is 0 Å². The second-order valence-corrected chi connectivity index (χ2v) is 9.35. The van der Waals surface area contributed by atoms with E-state index >= 15 is 0 Å². The lowest BCUT2D eigenvalue weighted by molar-refractivity contribution is -0.116. The van der Waals surface area contributed by atoms with Gasteiger partial charge in [0.25, 0.3) is 0 Å². The molecule has 1 aromatic rings. The molecule has 6 nitrogen and oxygen atoms in total. The van der Waals surface area contributed by atoms with Gasteiger partial charge < -0.3 is 24.8 Å². The van der Waals surface area contributed by atoms with Crippen molar-refractivity contribution < 1.29 is 29.6 Å². The number of phenols is 1. The molecular weight excluding hydrogens is 372 g/mol. The highest BCUT2D eigenvalue weighted by atomic mass is 16.5. The average Bonchev–Trinajstić information content (AvgIpc) is 2.87. The zero-order valence-electron chi connectivity index (χ0n) is 17.8. The smallest absolute Gasteiger partial charge is 0.338 e. The summed E-state index contributed by atoms with van der Waals surface area (Å²) in [4.78, 5) is 12.9. The Balaban J connectivity index is 1.97. The number of phenolic OH excluding ortho intramolecular Hbond substituents is 1. The highest BCUT2D eigenvalue weighted by molar-refractivity contribution is 5.90. The number of esters is 1. The Morgan fingerprint density at radius 3 is 2.48 bits per heavy atom. The third-order valence-corrected chi connectivity index (χ3v) is 6.80. The number of aliphatic hydroxyl groups is 2. The van der Waals surface area contributed by atoms with E-state index in [1.54, 1.807) is 13.0 Å². The fourth-order valence-electron chi connectivity index (χ4n) is 5.02. The van der Waals surface area contributed by atoms with Crippen molar-refractivity contribution >= 4 is 5.97 Å². The lowest BCUT2D eigenvalue weighted by Gasteiger charge is -2.43. The van der Waals surface area contributed by atoms with Crippen molar-refractivity contribution in [2.45, 2.75) is 64.3 Å². The molecule has 1 aromatic carbocycles. The SMILES string of the molecule is COc1cc(C(=O)O[C@H]2C[C@](C)(O)C=C[C@@]3(C)CC[C@@](O)(C(C)C)[C@H]23)ccc1O. The Morgan fingerprint density at radius 2 is 1.86 bits per heavy atom. The molecular formula is C23H32O6. The molecule has 2 aliphatic rings. The van der Waals surface area contributed by atoms with E-state index in [0.29, 0.717) is 6.42 Å². The molecule has 5 atom stereocenters. The molecule has 0 aromatic heterocycles. The largest absolute Gasteiger partial charge is 0.504 e. The van der Waals surface area contributed by atoms with E-state index in [0.717, 1.165) is 6.42 Å². The molecule has 0 unspecified atom stereocenters. The number of carbonyl (C=O) groups excluding carboxylic acids is 1. The first-order valence-electron chi connectivity index (χ1n) is 10.1. The molecule has 0 aliphatic heterocycles. The van der Waals surface area contributed by atoms with Crippen LogP contribution in [0.15, 0.2) is 30.4 Å². The van der Waals surface area contributed by atoms with E-state index in [-0.39, 0.29) is 35.3 Å². The molecule has 6 heteroatoms. The number of allylic oxidation sites excluding steroid dienone is 1. The fraction of sp³-hybridized carbons (Fsp3) is 0.609. The second-order valence-electron chi connectivity index (χ2n) is 9.35. The highest BCUT2D eigenvalue weighted by Crippen LogP contribution is 2.57. The summed E-state index contributed by atoms with van der Waals surface area (Å²) in [5.74, 6) is -0.836. The van der Waals surface area contributed by atoms with Crippen molar-refractivity contribution in [3.63, 3.8) is 0 Å². The maximum Gasteiger partial charge on any atom is 0.338 e. The molecule has 2 aliphatic carbocycles. The minimum Gasteiger partial charge on any atom is -0.504 e. The molecule has 160 valence electrons. The number of methoxy groups -OCH3 is 1. The summed E-state index contributed by atoms with van der Waals surface area (Å²) in [6.07, 6.45) is 4.63. The number of hydrogen-bond donors (Lipinski definition) is 3. The van der Waals surface area contributed by atoms with Crippen LogP contribution in [-0.4, -0.2) is 45.7 Å². The Labute approximate surface area is 172 Å². The molecule has 0 radical (unpaired) electrons. The molecule has 0 amide bonds. The fourth-order valence-corrected chi connectivity index (χ4v) is 5.02. The van der Waals surface area contributed by atoms with Gasteiger partial charge in [0.15, 0.2) is 11.5 Å². The summed E-state index contributed by atoms with van der Waals surface area (Å²) < 4.78 is 11.0. The quantitative estimate of drug-likeness (QED) is 0.525. The van der Waals surface area contributed by atoms with Gasteiger partial charge in [-0.15, -0.1) is 0 Å². The zero-order chi connectivity index (χ0) is 21.6. The minimum absolute atomic E-state index is 0.0271. The van der Waals surface area contributed by atoms with Gasteiger partial charge in [0.05, 0.1) is 23.9 Å². The van der Waals surface area contributed by atoms with Crippen LogP contribution in [0.2, 0.25) is 0 Å². The first-order valence-corrected chi connectivity index (χ1v) is 10.1. The average molecular weight is 405 g/mol. The molecule has 1 fully saturated rings. The van der Waals surface area contributed by atoms with Crippen LogP contribution in [0, 0.1) is 17.3 Å². The van der Waals surface area contributed by atoms with Crippen LogP contribution in [0.1, 0.15) is 57.3 Å². The number of benzene rings is 1. The molecule has 3 rings (SSSR count). The maximum atomic E-state index is 12.9. The number of fused-ring (bicyclic) bond motifs is 1. The minimum atomic E-state index is -1.15. The summed E-state index contributed by atoms with van der Waals surface area (Å²) >= 11 is 0. The second kappa shape index (κ2) is 7.33. The summed E-state index contributed by atoms with van der Waals surface area (Å²) in [7, 11) is 1.41. The predicted molar refractivity (Wildman–Crippen MR) is 109 cm³/mol. The van der Waals surface area contributed by atoms with Gasteiger partial charge in [-0.05, 0) is 49.3 Å². The van der Waals surface area contributed by atoms with Crippen LogP contribution in [0.4, 0.5) is 0 Å². The molecule has 0 bridgehead atoms. The van der Waals surface area contributed by atoms with Crippen molar-refractivity contribution in [3.05, 3.63) is 35.9 Å². The Bertz CT molecular complexity index is 814. The van der Waals surface area contributed by atoms with Crippen molar-refractivity contribution in [2.75, 3.05) is 7.11 Å². The van der Waals surface area contributed by atoms with Gasteiger partial charge in [0, 0.05) is 12.3 Å². The van der Waals surface area contributed by atoms with Crippen molar-refractivity contribution in [2.24, 2.45) is 17.3 Å². The summed E-state index contributed by atoms with van der Waals surface area (Å²) in [5.41, 5.74) is -2.30. The maximum absolute atomic E-state index is 12.9. The first-order chi connectivity index (χ1) is 13.4. The van der Waals surface area contributed by atoms with Gasteiger partial charge in [-0.3, -0.25) is 0 Å². The third kappa shape index (κ3) is 3.88. The Kier molecular flexibility index (Phi) is 5.47. The number of carbonyl (C=O) groups is 1. The summed E-state index contributed by atoms with van der Waals surface area (Å²) in [6, 6.07) is 4.27. The van der Waals surface area contributed by atoms with Crippen LogP contribution in [-0.2, 0) is 4.74 Å². The number of ether oxygens (including phenoxy) is 2. The van der Waals surface area contributed by atoms with Crippen LogP contribution in [0.5, 0.6) is 11.5 Å². The van der Waals surface area contributed by atoms with Crippen molar-refractivity contribution in [1.82, 2.24) is 0 Å². The zero-order valence-corrected chi connectivity index (χ0v) is 17.8. The normalized spacial score (nSPS) is 36.6. The summed E-state index contributed by atoms with van der Waals surface area (Å²) in [5, 5.41) is 32.1. The molecule has 3 N–H and O–H groups in total. The lowest BCUT2D eigenvalue weighted by atomic mass is 9.68. The van der Waals surface area contributed by atoms with Crippen molar-refractivity contribution in [3.8, 4) is 11.5 Å². The van der Waals surface area contributed by atoms with E-state index in [2.05, 4.69) is 6.92 Å². The van der Waals surface area contributed by atoms with E-state index in [9.17, 15) is 20.1 Å². The van der Waals surface area contributed by atoms with Crippen LogP contribution in [0.25, 0.3) is 0 Å². The highest BCUT2D eigenvalue weighted by Gasteiger charge is 2.60. The molecule has 0 spiro atoms. The van der Waals surface area contributed by atoms with Crippen LogP contribution in [0.3, 0.4) is 0 Å². The monoisotopic (exact) mass is 404 g/mol. The van der Waals surface area contributed by atoms with Gasteiger partial charge in [-0.2, -0.15) is 0 Å². The van der Waals surface area contributed by atoms with Crippen LogP contribution < -0.4 is 4.74 Å². The molecule has 29 heavy (non-hydrogen) atoms. The first kappa shape index (κ1) is 21.7. The topological polar surface area (TPSA) is 96.2 Å². The lowest BCUT2D eigenvalue weighted by Crippen LogP contribution is -2.51. The third-order valence-electron chi connectivity index (χ3n) is 6.80. The number of aromatic hydroxyl groups is 1. The Hall–Kier alpha value is -2.05. The molecule has 0 saturated heterocycles. The number of hydrogen-bond acceptors (Lipinski definition) is 6. The predicted octanol–water partition coefficient (Wildman–Crippen LogP) is 3.44. The van der Waals surface area contributed by atoms with Crippen LogP contribution >= 0.6 is 0 Å². The summed E-state index contributed by atoms with van der Waals surface area (Å²) in [6.45, 7) is 7.69. The van der Waals surface area contributed by atoms with E-state index in [4.69, 9.17) is 9.47 Å². The van der Waals surface area contributed by atoms with E-state index in [1.807, 2.05) is 19.9 Å². The van der Waals surface area contributed by atoms with Gasteiger partial charge in [-0.1, -0.05) is 32.9 Å². The molecule has 0 heterocycles. The van der Waals surface area contributed by atoms with E-state index < -0.39 is 28.7 Å². The van der Waals surface area contributed by atoms with Gasteiger partial charge in [0.2, 0.25) is 0 Å². The number of rotatable bonds is 4.